The Labute approximate surface area is 164 Å². The highest BCUT2D eigenvalue weighted by Crippen LogP contribution is 2.42. The molecule has 0 bridgehead atoms. The number of Topliss-reactive ketones (excluding diaryl/α,β-unsaturated/α-hetero) is 1. The van der Waals surface area contributed by atoms with Crippen molar-refractivity contribution >= 4 is 36.1 Å². The molecule has 0 aliphatic carbocycles. The minimum Gasteiger partial charge on any atom is -0.507 e. The summed E-state index contributed by atoms with van der Waals surface area (Å²) < 4.78 is 96.6. The molecule has 0 fully saturated rings. The minimum absolute atomic E-state index is 0.216. The summed E-state index contributed by atoms with van der Waals surface area (Å²) in [7, 11) is -15.4. The van der Waals surface area contributed by atoms with Crippen LogP contribution in [0.4, 0.5) is 0 Å². The Morgan fingerprint density at radius 1 is 0.724 bits per heavy atom. The van der Waals surface area contributed by atoms with Gasteiger partial charge in [-0.25, -0.2) is 0 Å². The first-order valence-electron chi connectivity index (χ1n) is 7.12. The van der Waals surface area contributed by atoms with E-state index < -0.39 is 79.0 Å². The van der Waals surface area contributed by atoms with Gasteiger partial charge in [-0.15, -0.1) is 0 Å². The third-order valence-corrected chi connectivity index (χ3v) is 6.26. The summed E-state index contributed by atoms with van der Waals surface area (Å²) in [6.07, 6.45) is 0. The van der Waals surface area contributed by atoms with Gasteiger partial charge in [-0.3, -0.25) is 18.5 Å². The van der Waals surface area contributed by atoms with Crippen LogP contribution in [0.2, 0.25) is 0 Å². The van der Waals surface area contributed by atoms with Gasteiger partial charge in [0.1, 0.15) is 21.3 Å². The molecular weight excluding hydrogens is 456 g/mol. The minimum atomic E-state index is -5.25. The van der Waals surface area contributed by atoms with Crippen molar-refractivity contribution in [2.45, 2.75) is 21.6 Å². The Morgan fingerprint density at radius 3 is 1.66 bits per heavy atom. The number of phenolic OH excluding ortho intramolecular Hbond substituents is 2. The van der Waals surface area contributed by atoms with Crippen LogP contribution >= 0.6 is 0 Å². The maximum absolute atomic E-state index is 11.6. The largest absolute Gasteiger partial charge is 0.507 e. The van der Waals surface area contributed by atoms with Gasteiger partial charge in [-0.05, 0) is 31.2 Å². The molecule has 2 aromatic carbocycles. The number of aromatic hydroxyl groups is 2. The standard InChI is InChI=1S/C14H12O12S3/c1-6(15)8-4-11(16)9(5-12(8)28(21,22)23)10-2-7(27(18,19)20)3-13(14(10)17)29(24,25)26/h2-5,16-17H,1H3,(H,18,19,20)(H,21,22,23)(H,24,25,26). The van der Waals surface area contributed by atoms with Gasteiger partial charge in [0.25, 0.3) is 30.4 Å². The first-order chi connectivity index (χ1) is 12.9. The molecule has 158 valence electrons. The van der Waals surface area contributed by atoms with E-state index in [2.05, 4.69) is 0 Å². The van der Waals surface area contributed by atoms with Gasteiger partial charge in [-0.2, -0.15) is 25.3 Å². The Kier molecular flexibility index (Phi) is 5.52. The van der Waals surface area contributed by atoms with Crippen LogP contribution in [-0.2, 0) is 30.4 Å². The van der Waals surface area contributed by atoms with Crippen molar-refractivity contribution in [2.24, 2.45) is 0 Å². The average Bonchev–Trinajstić information content (AvgIpc) is 2.51. The van der Waals surface area contributed by atoms with E-state index in [1.54, 1.807) is 0 Å². The predicted octanol–water partition coefficient (Wildman–Crippen LogP) is 0.708. The quantitative estimate of drug-likeness (QED) is 0.302. The van der Waals surface area contributed by atoms with Crippen LogP contribution in [0.15, 0.2) is 39.0 Å². The lowest BCUT2D eigenvalue weighted by Crippen LogP contribution is -2.08. The molecule has 0 aliphatic heterocycles. The second-order valence-corrected chi connectivity index (χ2v) is 9.87. The topological polar surface area (TPSA) is 221 Å². The SMILES string of the molecule is CC(=O)c1cc(O)c(-c2cc(S(=O)(=O)O)cc(S(=O)(=O)O)c2O)cc1S(=O)(=O)O. The molecule has 2 rings (SSSR count). The molecule has 0 heterocycles. The van der Waals surface area contributed by atoms with E-state index in [0.29, 0.717) is 18.2 Å². The molecular formula is C14H12O12S3. The number of carbonyl (C=O) groups is 1. The normalized spacial score (nSPS) is 12.7. The fourth-order valence-electron chi connectivity index (χ4n) is 2.41. The Morgan fingerprint density at radius 2 is 1.24 bits per heavy atom. The molecule has 0 unspecified atom stereocenters. The van der Waals surface area contributed by atoms with E-state index >= 15 is 0 Å². The molecule has 2 aromatic rings. The third-order valence-electron chi connectivity index (χ3n) is 3.67. The highest BCUT2D eigenvalue weighted by Gasteiger charge is 2.28. The summed E-state index contributed by atoms with van der Waals surface area (Å²) in [5.74, 6) is -3.13. The van der Waals surface area contributed by atoms with Gasteiger partial charge in [0.05, 0.1) is 4.90 Å². The zero-order valence-electron chi connectivity index (χ0n) is 14.1. The van der Waals surface area contributed by atoms with Crippen molar-refractivity contribution in [1.82, 2.24) is 0 Å². The van der Waals surface area contributed by atoms with Crippen molar-refractivity contribution in [3.63, 3.8) is 0 Å². The highest BCUT2D eigenvalue weighted by atomic mass is 32.2. The summed E-state index contributed by atoms with van der Waals surface area (Å²) >= 11 is 0. The van der Waals surface area contributed by atoms with Crippen molar-refractivity contribution in [3.8, 4) is 22.6 Å². The fourth-order valence-corrected chi connectivity index (χ4v) is 4.39. The Bertz CT molecular complexity index is 1350. The number of carbonyl (C=O) groups excluding carboxylic acids is 1. The molecule has 29 heavy (non-hydrogen) atoms. The lowest BCUT2D eigenvalue weighted by Gasteiger charge is -2.14. The van der Waals surface area contributed by atoms with E-state index in [9.17, 15) is 53.9 Å². The summed E-state index contributed by atoms with van der Waals surface area (Å²) in [6, 6.07) is 1.73. The van der Waals surface area contributed by atoms with Crippen molar-refractivity contribution in [1.29, 1.82) is 0 Å². The van der Waals surface area contributed by atoms with Crippen LogP contribution in [0.5, 0.6) is 11.5 Å². The molecule has 0 saturated carbocycles. The molecule has 0 atom stereocenters. The number of ketones is 1. The van der Waals surface area contributed by atoms with Gasteiger partial charge in [0, 0.05) is 16.7 Å². The maximum Gasteiger partial charge on any atom is 0.298 e. The number of hydrogen-bond acceptors (Lipinski definition) is 9. The van der Waals surface area contributed by atoms with E-state index in [-0.39, 0.29) is 6.07 Å². The summed E-state index contributed by atoms with van der Waals surface area (Å²) in [5.41, 5.74) is -2.25. The number of rotatable bonds is 5. The highest BCUT2D eigenvalue weighted by molar-refractivity contribution is 7.86. The Balaban J connectivity index is 3.08. The predicted molar refractivity (Wildman–Crippen MR) is 94.7 cm³/mol. The molecule has 5 N–H and O–H groups in total. The van der Waals surface area contributed by atoms with Crippen LogP contribution in [0.3, 0.4) is 0 Å². The van der Waals surface area contributed by atoms with E-state index in [4.69, 9.17) is 0 Å². The maximum atomic E-state index is 11.6. The lowest BCUT2D eigenvalue weighted by atomic mass is 10.0. The monoisotopic (exact) mass is 468 g/mol. The molecule has 0 amide bonds. The number of hydrogen-bond donors (Lipinski definition) is 5. The van der Waals surface area contributed by atoms with E-state index in [1.165, 1.54) is 0 Å². The molecule has 0 aliphatic rings. The zero-order chi connectivity index (χ0) is 22.5. The smallest absolute Gasteiger partial charge is 0.298 e. The number of phenols is 2. The van der Waals surface area contributed by atoms with Crippen LogP contribution in [-0.4, -0.2) is 54.9 Å². The first kappa shape index (κ1) is 22.7. The second kappa shape index (κ2) is 7.05. The van der Waals surface area contributed by atoms with Gasteiger partial charge < -0.3 is 10.2 Å². The third kappa shape index (κ3) is 4.55. The average molecular weight is 468 g/mol. The van der Waals surface area contributed by atoms with E-state index in [1.807, 2.05) is 0 Å². The van der Waals surface area contributed by atoms with Gasteiger partial charge in [0.2, 0.25) is 0 Å². The van der Waals surface area contributed by atoms with Gasteiger partial charge in [-0.1, -0.05) is 0 Å². The summed E-state index contributed by atoms with van der Waals surface area (Å²) in [5, 5.41) is 20.3. The zero-order valence-corrected chi connectivity index (χ0v) is 16.6. The van der Waals surface area contributed by atoms with Crippen LogP contribution in [0.1, 0.15) is 17.3 Å². The molecule has 0 aromatic heterocycles. The second-order valence-electron chi connectivity index (χ2n) is 5.66. The van der Waals surface area contributed by atoms with Crippen molar-refractivity contribution in [3.05, 3.63) is 29.8 Å². The Hall–Kier alpha value is -2.56. The van der Waals surface area contributed by atoms with Crippen LogP contribution in [0.25, 0.3) is 11.1 Å². The molecule has 0 radical (unpaired) electrons. The molecule has 12 nitrogen and oxygen atoms in total. The van der Waals surface area contributed by atoms with Crippen molar-refractivity contribution < 1.29 is 53.9 Å². The molecule has 0 saturated heterocycles. The van der Waals surface area contributed by atoms with Crippen LogP contribution in [0, 0.1) is 0 Å². The van der Waals surface area contributed by atoms with E-state index in [0.717, 1.165) is 6.92 Å². The lowest BCUT2D eigenvalue weighted by molar-refractivity contribution is 0.101. The first-order valence-corrected chi connectivity index (χ1v) is 11.4. The van der Waals surface area contributed by atoms with Gasteiger partial charge >= 0.3 is 0 Å². The fraction of sp³-hybridized carbons (Fsp3) is 0.0714. The van der Waals surface area contributed by atoms with Crippen molar-refractivity contribution in [2.75, 3.05) is 0 Å². The number of benzene rings is 2. The molecule has 15 heteroatoms. The van der Waals surface area contributed by atoms with Crippen LogP contribution < -0.4 is 0 Å². The molecule has 0 spiro atoms. The summed E-state index contributed by atoms with van der Waals surface area (Å²) in [6.45, 7) is 0.913. The summed E-state index contributed by atoms with van der Waals surface area (Å²) in [4.78, 5) is 8.03. The van der Waals surface area contributed by atoms with Gasteiger partial charge in [0.15, 0.2) is 5.78 Å².